The fourth-order valence-corrected chi connectivity index (χ4v) is 1.89. The summed E-state index contributed by atoms with van der Waals surface area (Å²) in [6.45, 7) is 0.251. The summed E-state index contributed by atoms with van der Waals surface area (Å²) in [5.41, 5.74) is 0. The second kappa shape index (κ2) is 3.60. The highest BCUT2D eigenvalue weighted by Crippen LogP contribution is 2.08. The zero-order chi connectivity index (χ0) is 10.1. The Kier molecular flexibility index (Phi) is 2.89. The number of morpholine rings is 1. The van der Waals surface area contributed by atoms with E-state index in [0.717, 1.165) is 10.6 Å². The van der Waals surface area contributed by atoms with E-state index in [1.807, 2.05) is 0 Å². The average molecular weight is 209 g/mol. The minimum Gasteiger partial charge on any atom is -0.479 e. The highest BCUT2D eigenvalue weighted by atomic mass is 32.2. The molecule has 1 N–H and O–H groups in total. The standard InChI is InChI=1S/C6H11NO5S/c1-13(10,11)7-2-3-12-5(4-7)6(8)9/h5H,2-4H2,1H3,(H,8,9)/t5-/m0/s1. The summed E-state index contributed by atoms with van der Waals surface area (Å²) in [5, 5.41) is 8.58. The van der Waals surface area contributed by atoms with Crippen LogP contribution in [0.4, 0.5) is 0 Å². The van der Waals surface area contributed by atoms with Gasteiger partial charge in [0.15, 0.2) is 6.10 Å². The highest BCUT2D eigenvalue weighted by molar-refractivity contribution is 7.88. The van der Waals surface area contributed by atoms with Crippen molar-refractivity contribution in [3.05, 3.63) is 0 Å². The van der Waals surface area contributed by atoms with Crippen molar-refractivity contribution in [2.75, 3.05) is 26.0 Å². The number of carboxylic acids is 1. The molecule has 13 heavy (non-hydrogen) atoms. The zero-order valence-electron chi connectivity index (χ0n) is 7.13. The van der Waals surface area contributed by atoms with Gasteiger partial charge in [0.1, 0.15) is 0 Å². The van der Waals surface area contributed by atoms with Crippen LogP contribution in [0.3, 0.4) is 0 Å². The fraction of sp³-hybridized carbons (Fsp3) is 0.833. The molecule has 1 fully saturated rings. The van der Waals surface area contributed by atoms with E-state index in [0.29, 0.717) is 0 Å². The topological polar surface area (TPSA) is 83.9 Å². The van der Waals surface area contributed by atoms with Gasteiger partial charge in [0.05, 0.1) is 19.4 Å². The molecule has 0 amide bonds. The summed E-state index contributed by atoms with van der Waals surface area (Å²) in [5.74, 6) is -1.13. The van der Waals surface area contributed by atoms with Crippen LogP contribution in [0, 0.1) is 0 Å². The minimum atomic E-state index is -3.30. The van der Waals surface area contributed by atoms with E-state index in [2.05, 4.69) is 0 Å². The lowest BCUT2D eigenvalue weighted by molar-refractivity contribution is -0.153. The SMILES string of the molecule is CS(=O)(=O)N1CCO[C@H](C(=O)O)C1. The first-order chi connectivity index (χ1) is 5.91. The summed E-state index contributed by atoms with van der Waals surface area (Å²) >= 11 is 0. The molecule has 0 aromatic rings. The smallest absolute Gasteiger partial charge is 0.334 e. The van der Waals surface area contributed by atoms with Gasteiger partial charge in [0, 0.05) is 6.54 Å². The molecule has 0 aromatic carbocycles. The van der Waals surface area contributed by atoms with Gasteiger partial charge in [0.25, 0.3) is 0 Å². The third kappa shape index (κ3) is 2.64. The predicted molar refractivity (Wildman–Crippen MR) is 43.8 cm³/mol. The molecule has 0 aromatic heterocycles. The molecule has 1 atom stereocenters. The maximum absolute atomic E-state index is 11.0. The van der Waals surface area contributed by atoms with Crippen molar-refractivity contribution in [1.29, 1.82) is 0 Å². The second-order valence-corrected chi connectivity index (χ2v) is 4.80. The summed E-state index contributed by atoms with van der Waals surface area (Å²) in [7, 11) is -3.30. The number of hydrogen-bond acceptors (Lipinski definition) is 4. The molecule has 6 nitrogen and oxygen atoms in total. The first-order valence-corrected chi connectivity index (χ1v) is 5.55. The Morgan fingerprint density at radius 2 is 2.23 bits per heavy atom. The molecule has 1 aliphatic rings. The van der Waals surface area contributed by atoms with Gasteiger partial charge in [-0.2, -0.15) is 4.31 Å². The molecule has 0 saturated carbocycles. The van der Waals surface area contributed by atoms with Gasteiger partial charge >= 0.3 is 5.97 Å². The van der Waals surface area contributed by atoms with Crippen LogP contribution in [0.1, 0.15) is 0 Å². The van der Waals surface area contributed by atoms with Crippen LogP contribution in [-0.4, -0.2) is 55.9 Å². The molecular weight excluding hydrogens is 198 g/mol. The molecule has 0 unspecified atom stereocenters. The molecule has 7 heteroatoms. The van der Waals surface area contributed by atoms with E-state index in [1.54, 1.807) is 0 Å². The summed E-state index contributed by atoms with van der Waals surface area (Å²) < 4.78 is 28.0. The Morgan fingerprint density at radius 1 is 1.62 bits per heavy atom. The van der Waals surface area contributed by atoms with E-state index in [-0.39, 0.29) is 19.7 Å². The van der Waals surface area contributed by atoms with E-state index >= 15 is 0 Å². The molecule has 1 rings (SSSR count). The van der Waals surface area contributed by atoms with E-state index < -0.39 is 22.1 Å². The Hall–Kier alpha value is -0.660. The third-order valence-electron chi connectivity index (χ3n) is 1.77. The number of ether oxygens (including phenoxy) is 1. The molecule has 1 heterocycles. The van der Waals surface area contributed by atoms with E-state index in [1.165, 1.54) is 0 Å². The van der Waals surface area contributed by atoms with Crippen molar-refractivity contribution < 1.29 is 23.1 Å². The van der Waals surface area contributed by atoms with Crippen molar-refractivity contribution in [3.63, 3.8) is 0 Å². The van der Waals surface area contributed by atoms with Crippen LogP contribution in [0.15, 0.2) is 0 Å². The van der Waals surface area contributed by atoms with Crippen LogP contribution in [-0.2, 0) is 19.6 Å². The van der Waals surface area contributed by atoms with Gasteiger partial charge in [-0.15, -0.1) is 0 Å². The fourth-order valence-electron chi connectivity index (χ4n) is 1.08. The molecule has 0 bridgehead atoms. The summed E-state index contributed by atoms with van der Waals surface area (Å²) in [4.78, 5) is 10.5. The normalized spacial score (nSPS) is 25.8. The molecule has 76 valence electrons. The van der Waals surface area contributed by atoms with Crippen LogP contribution in [0.2, 0.25) is 0 Å². The number of rotatable bonds is 2. The number of nitrogens with zero attached hydrogens (tertiary/aromatic N) is 1. The van der Waals surface area contributed by atoms with Crippen molar-refractivity contribution in [2.24, 2.45) is 0 Å². The van der Waals surface area contributed by atoms with Gasteiger partial charge in [-0.1, -0.05) is 0 Å². The van der Waals surface area contributed by atoms with Crippen LogP contribution < -0.4 is 0 Å². The molecule has 0 radical (unpaired) electrons. The molecule has 1 aliphatic heterocycles. The Morgan fingerprint density at radius 3 is 2.69 bits per heavy atom. The monoisotopic (exact) mass is 209 g/mol. The lowest BCUT2D eigenvalue weighted by atomic mass is 10.3. The van der Waals surface area contributed by atoms with Crippen molar-refractivity contribution in [1.82, 2.24) is 4.31 Å². The van der Waals surface area contributed by atoms with Crippen molar-refractivity contribution >= 4 is 16.0 Å². The van der Waals surface area contributed by atoms with Crippen LogP contribution in [0.25, 0.3) is 0 Å². The Balaban J connectivity index is 2.67. The van der Waals surface area contributed by atoms with Crippen molar-refractivity contribution in [2.45, 2.75) is 6.10 Å². The van der Waals surface area contributed by atoms with Gasteiger partial charge in [-0.3, -0.25) is 0 Å². The van der Waals surface area contributed by atoms with Gasteiger partial charge in [-0.05, 0) is 0 Å². The molecular formula is C6H11NO5S. The van der Waals surface area contributed by atoms with E-state index in [9.17, 15) is 13.2 Å². The van der Waals surface area contributed by atoms with Crippen LogP contribution >= 0.6 is 0 Å². The number of aliphatic carboxylic acids is 1. The quantitative estimate of drug-likeness (QED) is 0.613. The Labute approximate surface area is 76.1 Å². The number of hydrogen-bond donors (Lipinski definition) is 1. The summed E-state index contributed by atoms with van der Waals surface area (Å²) in [6.07, 6.45) is 0.0144. The maximum Gasteiger partial charge on any atom is 0.334 e. The maximum atomic E-state index is 11.0. The van der Waals surface area contributed by atoms with Crippen molar-refractivity contribution in [3.8, 4) is 0 Å². The average Bonchev–Trinajstić information content (AvgIpc) is 2.03. The third-order valence-corrected chi connectivity index (χ3v) is 3.04. The predicted octanol–water partition coefficient (Wildman–Crippen LogP) is -1.27. The molecule has 0 aliphatic carbocycles. The zero-order valence-corrected chi connectivity index (χ0v) is 7.95. The lowest BCUT2D eigenvalue weighted by Crippen LogP contribution is -2.48. The minimum absolute atomic E-state index is 0.103. The number of carboxylic acid groups (broad SMARTS) is 1. The molecule has 1 saturated heterocycles. The van der Waals surface area contributed by atoms with Gasteiger partial charge < -0.3 is 9.84 Å². The van der Waals surface area contributed by atoms with Gasteiger partial charge in [0.2, 0.25) is 10.0 Å². The lowest BCUT2D eigenvalue weighted by Gasteiger charge is -2.28. The number of sulfonamides is 1. The molecule has 0 spiro atoms. The summed E-state index contributed by atoms with van der Waals surface area (Å²) in [6, 6.07) is 0. The first kappa shape index (κ1) is 10.4. The largest absolute Gasteiger partial charge is 0.479 e. The Bertz CT molecular complexity index is 298. The van der Waals surface area contributed by atoms with Crippen LogP contribution in [0.5, 0.6) is 0 Å². The number of carbonyl (C=O) groups is 1. The van der Waals surface area contributed by atoms with Gasteiger partial charge in [-0.25, -0.2) is 13.2 Å². The second-order valence-electron chi connectivity index (χ2n) is 2.82. The highest BCUT2D eigenvalue weighted by Gasteiger charge is 2.30. The first-order valence-electron chi connectivity index (χ1n) is 3.71. The van der Waals surface area contributed by atoms with E-state index in [4.69, 9.17) is 9.84 Å².